The van der Waals surface area contributed by atoms with Gasteiger partial charge in [-0.1, -0.05) is 19.1 Å². The zero-order valence-corrected chi connectivity index (χ0v) is 5.89. The molecular formula is C8H11N. The molecule has 0 unspecified atom stereocenters. The Morgan fingerprint density at radius 3 is 2.67 bits per heavy atom. The van der Waals surface area contributed by atoms with Gasteiger partial charge in [0.1, 0.15) is 0 Å². The summed E-state index contributed by atoms with van der Waals surface area (Å²) in [6, 6.07) is 2.10. The van der Waals surface area contributed by atoms with Crippen LogP contribution in [-0.4, -0.2) is 0 Å². The van der Waals surface area contributed by atoms with Crippen LogP contribution < -0.4 is 0 Å². The smallest absolute Gasteiger partial charge is 0.0946 e. The van der Waals surface area contributed by atoms with Crippen LogP contribution in [0, 0.1) is 11.3 Å². The van der Waals surface area contributed by atoms with Crippen LogP contribution in [0.1, 0.15) is 20.3 Å². The largest absolute Gasteiger partial charge is 0.193 e. The molecule has 0 atom stereocenters. The minimum atomic E-state index is 0.820. The fourth-order valence-electron chi connectivity index (χ4n) is 0.447. The van der Waals surface area contributed by atoms with Crippen molar-refractivity contribution < 1.29 is 0 Å². The van der Waals surface area contributed by atoms with Crippen molar-refractivity contribution in [3.05, 3.63) is 23.8 Å². The van der Waals surface area contributed by atoms with E-state index < -0.39 is 0 Å². The number of rotatable bonds is 2. The zero-order chi connectivity index (χ0) is 7.11. The van der Waals surface area contributed by atoms with Gasteiger partial charge in [-0.15, -0.1) is 0 Å². The molecule has 0 spiro atoms. The molecule has 1 nitrogen and oxygen atoms in total. The summed E-state index contributed by atoms with van der Waals surface area (Å²) in [5.41, 5.74) is 0.827. The predicted molar refractivity (Wildman–Crippen MR) is 38.8 cm³/mol. The van der Waals surface area contributed by atoms with Crippen molar-refractivity contribution in [1.29, 1.82) is 5.26 Å². The van der Waals surface area contributed by atoms with E-state index in [0.717, 1.165) is 12.0 Å². The van der Waals surface area contributed by atoms with Crippen LogP contribution in [0.2, 0.25) is 0 Å². The highest BCUT2D eigenvalue weighted by Crippen LogP contribution is 1.96. The number of hydrogen-bond donors (Lipinski definition) is 0. The first-order valence-electron chi connectivity index (χ1n) is 3.07. The maximum absolute atomic E-state index is 8.40. The average Bonchev–Trinajstić information content (AvgIpc) is 1.91. The van der Waals surface area contributed by atoms with Crippen molar-refractivity contribution in [2.75, 3.05) is 0 Å². The fraction of sp³-hybridized carbons (Fsp3) is 0.375. The number of hydrogen-bond acceptors (Lipinski definition) is 1. The lowest BCUT2D eigenvalue weighted by atomic mass is 10.2. The molecule has 9 heavy (non-hydrogen) atoms. The van der Waals surface area contributed by atoms with Gasteiger partial charge in [0.05, 0.1) is 6.07 Å². The van der Waals surface area contributed by atoms with E-state index in [1.165, 1.54) is 0 Å². The molecule has 0 aromatic heterocycles. The summed E-state index contributed by atoms with van der Waals surface area (Å²) < 4.78 is 0. The molecule has 0 aromatic rings. The van der Waals surface area contributed by atoms with Gasteiger partial charge < -0.3 is 0 Å². The highest BCUT2D eigenvalue weighted by atomic mass is 14.2. The van der Waals surface area contributed by atoms with Gasteiger partial charge >= 0.3 is 0 Å². The Bertz CT molecular complexity index is 158. The third-order valence-electron chi connectivity index (χ3n) is 1.01. The molecule has 1 heteroatoms. The van der Waals surface area contributed by atoms with Crippen molar-refractivity contribution in [1.82, 2.24) is 0 Å². The summed E-state index contributed by atoms with van der Waals surface area (Å²) in [7, 11) is 0. The second-order valence-corrected chi connectivity index (χ2v) is 1.68. The molecule has 0 saturated heterocycles. The van der Waals surface area contributed by atoms with Gasteiger partial charge in [-0.05, 0) is 19.4 Å². The summed E-state index contributed by atoms with van der Waals surface area (Å²) in [5, 5.41) is 8.40. The van der Waals surface area contributed by atoms with Crippen molar-refractivity contribution in [2.45, 2.75) is 20.3 Å². The van der Waals surface area contributed by atoms with Gasteiger partial charge in [0, 0.05) is 5.57 Å². The number of allylic oxidation sites excluding steroid dienone is 4. The normalized spacial score (nSPS) is 11.9. The van der Waals surface area contributed by atoms with E-state index in [9.17, 15) is 0 Å². The molecule has 48 valence electrons. The fourth-order valence-corrected chi connectivity index (χ4v) is 0.447. The average molecular weight is 121 g/mol. The maximum Gasteiger partial charge on any atom is 0.0946 e. The lowest BCUT2D eigenvalue weighted by Gasteiger charge is -1.83. The molecule has 0 radical (unpaired) electrons. The van der Waals surface area contributed by atoms with E-state index >= 15 is 0 Å². The van der Waals surface area contributed by atoms with Gasteiger partial charge in [0.25, 0.3) is 0 Å². The Kier molecular flexibility index (Phi) is 4.53. The second kappa shape index (κ2) is 5.11. The van der Waals surface area contributed by atoms with E-state index in [1.54, 1.807) is 0 Å². The molecule has 0 heterocycles. The van der Waals surface area contributed by atoms with Gasteiger partial charge in [-0.2, -0.15) is 5.26 Å². The molecule has 0 bridgehead atoms. The summed E-state index contributed by atoms with van der Waals surface area (Å²) in [4.78, 5) is 0. The number of nitrogens with zero attached hydrogens (tertiary/aromatic N) is 1. The van der Waals surface area contributed by atoms with Crippen molar-refractivity contribution in [3.63, 3.8) is 0 Å². The predicted octanol–water partition coefficient (Wildman–Crippen LogP) is 2.42. The van der Waals surface area contributed by atoms with Crippen LogP contribution in [0.4, 0.5) is 0 Å². The molecule has 0 amide bonds. The summed E-state index contributed by atoms with van der Waals surface area (Å²) >= 11 is 0. The lowest BCUT2D eigenvalue weighted by molar-refractivity contribution is 1.15. The van der Waals surface area contributed by atoms with Crippen LogP contribution in [0.25, 0.3) is 0 Å². The van der Waals surface area contributed by atoms with Crippen LogP contribution in [0.5, 0.6) is 0 Å². The Morgan fingerprint density at radius 2 is 2.33 bits per heavy atom. The first-order chi connectivity index (χ1) is 4.35. The lowest BCUT2D eigenvalue weighted by Crippen LogP contribution is -1.70. The van der Waals surface area contributed by atoms with Crippen LogP contribution >= 0.6 is 0 Å². The van der Waals surface area contributed by atoms with Crippen molar-refractivity contribution in [2.24, 2.45) is 0 Å². The molecule has 0 rings (SSSR count). The van der Waals surface area contributed by atoms with Crippen LogP contribution in [-0.2, 0) is 0 Å². The summed E-state index contributed by atoms with van der Waals surface area (Å²) in [6.07, 6.45) is 6.44. The molecule has 0 aromatic carbocycles. The third kappa shape index (κ3) is 3.54. The van der Waals surface area contributed by atoms with E-state index in [-0.39, 0.29) is 0 Å². The maximum atomic E-state index is 8.40. The Hall–Kier alpha value is -1.03. The topological polar surface area (TPSA) is 23.8 Å². The standard InChI is InChI=1S/C8H11N/c1-3-5-6-8(4-2)7-9/h3,5-6H,4H2,1-2H3. The van der Waals surface area contributed by atoms with Crippen molar-refractivity contribution >= 4 is 0 Å². The molecule has 0 aliphatic heterocycles. The Balaban J connectivity index is 3.96. The van der Waals surface area contributed by atoms with Crippen LogP contribution in [0.15, 0.2) is 23.8 Å². The minimum absolute atomic E-state index is 0.820. The molecule has 0 saturated carbocycles. The highest BCUT2D eigenvalue weighted by molar-refractivity contribution is 5.24. The first-order valence-corrected chi connectivity index (χ1v) is 3.07. The van der Waals surface area contributed by atoms with E-state index in [1.807, 2.05) is 32.1 Å². The summed E-state index contributed by atoms with van der Waals surface area (Å²) in [6.45, 7) is 3.90. The SMILES string of the molecule is CC=CC=C(C#N)CC. The van der Waals surface area contributed by atoms with Crippen LogP contribution in [0.3, 0.4) is 0 Å². The van der Waals surface area contributed by atoms with Gasteiger partial charge in [0.2, 0.25) is 0 Å². The molecular weight excluding hydrogens is 110 g/mol. The quantitative estimate of drug-likeness (QED) is 0.406. The molecule has 0 aliphatic carbocycles. The van der Waals surface area contributed by atoms with E-state index in [0.29, 0.717) is 0 Å². The minimum Gasteiger partial charge on any atom is -0.193 e. The Morgan fingerprint density at radius 1 is 1.67 bits per heavy atom. The zero-order valence-electron chi connectivity index (χ0n) is 5.89. The molecule has 0 fully saturated rings. The number of nitriles is 1. The van der Waals surface area contributed by atoms with Gasteiger partial charge in [-0.3, -0.25) is 0 Å². The first kappa shape index (κ1) is 7.97. The highest BCUT2D eigenvalue weighted by Gasteiger charge is 1.83. The van der Waals surface area contributed by atoms with E-state index in [4.69, 9.17) is 5.26 Å². The van der Waals surface area contributed by atoms with Crippen molar-refractivity contribution in [3.8, 4) is 6.07 Å². The van der Waals surface area contributed by atoms with E-state index in [2.05, 4.69) is 6.07 Å². The summed E-state index contributed by atoms with van der Waals surface area (Å²) in [5.74, 6) is 0. The second-order valence-electron chi connectivity index (χ2n) is 1.68. The third-order valence-corrected chi connectivity index (χ3v) is 1.01. The molecule has 0 aliphatic rings. The monoisotopic (exact) mass is 121 g/mol. The van der Waals surface area contributed by atoms with Gasteiger partial charge in [0.15, 0.2) is 0 Å². The Labute approximate surface area is 56.3 Å². The molecule has 0 N–H and O–H groups in total. The van der Waals surface area contributed by atoms with Gasteiger partial charge in [-0.25, -0.2) is 0 Å².